The molecule has 35 heavy (non-hydrogen) atoms. The first kappa shape index (κ1) is 32.1. The van der Waals surface area contributed by atoms with Gasteiger partial charge in [0, 0.05) is 6.42 Å². The zero-order valence-electron chi connectivity index (χ0n) is 19.8. The monoisotopic (exact) mass is 519 g/mol. The van der Waals surface area contributed by atoms with Crippen LogP contribution in [0.15, 0.2) is 0 Å². The highest BCUT2D eigenvalue weighted by atomic mass is 32.2. The number of nitrogens with one attached hydrogen (secondary N) is 3. The summed E-state index contributed by atoms with van der Waals surface area (Å²) in [5, 5.41) is 16.5. The molecule has 0 spiro atoms. The fraction of sp³-hybridized carbons (Fsp3) is 0.700. The molecule has 0 aromatic carbocycles. The van der Waals surface area contributed by atoms with Crippen LogP contribution in [0.4, 0.5) is 0 Å². The lowest BCUT2D eigenvalue weighted by Crippen LogP contribution is -2.57. The Balaban J connectivity index is 5.41. The van der Waals surface area contributed by atoms with Gasteiger partial charge in [-0.05, 0) is 50.7 Å². The Morgan fingerprint density at radius 3 is 1.89 bits per heavy atom. The van der Waals surface area contributed by atoms with Gasteiger partial charge in [0.1, 0.15) is 18.1 Å². The average Bonchev–Trinajstić information content (AvgIpc) is 2.78. The number of unbranched alkanes of at least 4 members (excludes halogenated alkanes) is 1. The molecule has 0 aliphatic heterocycles. The van der Waals surface area contributed by atoms with E-state index < -0.39 is 66.1 Å². The number of hydrogen-bond acceptors (Lipinski definition) is 9. The van der Waals surface area contributed by atoms with Crippen LogP contribution >= 0.6 is 11.8 Å². The first-order valence-corrected chi connectivity index (χ1v) is 12.5. The maximum atomic E-state index is 12.9. The highest BCUT2D eigenvalue weighted by Gasteiger charge is 2.31. The molecule has 0 fully saturated rings. The molecule has 0 saturated heterocycles. The van der Waals surface area contributed by atoms with Gasteiger partial charge < -0.3 is 44.0 Å². The van der Waals surface area contributed by atoms with Crippen LogP contribution in [0.25, 0.3) is 0 Å². The molecule has 12 N–H and O–H groups in total. The Morgan fingerprint density at radius 1 is 0.800 bits per heavy atom. The Labute approximate surface area is 208 Å². The molecule has 14 nitrogen and oxygen atoms in total. The number of hydrogen-bond donors (Lipinski definition) is 8. The van der Waals surface area contributed by atoms with Crippen molar-refractivity contribution in [1.82, 2.24) is 16.0 Å². The lowest BCUT2D eigenvalue weighted by Gasteiger charge is -2.24. The lowest BCUT2D eigenvalue weighted by molar-refractivity contribution is -0.142. The van der Waals surface area contributed by atoms with Crippen molar-refractivity contribution in [3.63, 3.8) is 0 Å². The van der Waals surface area contributed by atoms with Crippen LogP contribution < -0.4 is 38.9 Å². The van der Waals surface area contributed by atoms with Gasteiger partial charge in [0.25, 0.3) is 0 Å². The van der Waals surface area contributed by atoms with Gasteiger partial charge in [0.05, 0.1) is 12.5 Å². The molecule has 5 amide bonds. The molecule has 0 heterocycles. The van der Waals surface area contributed by atoms with E-state index in [-0.39, 0.29) is 25.7 Å². The standard InChI is InChI=1S/C20H37N7O7S/c1-35-9-7-12(25-17(30)11(22)5-6-15(23)28)18(31)27-14(10-16(24)29)19(32)26-13(20(33)34)4-2-3-8-21/h11-14H,2-10,21-22H2,1H3,(H2,23,28)(H2,24,29)(H,25,30)(H,26,32)(H,27,31)(H,33,34). The lowest BCUT2D eigenvalue weighted by atomic mass is 10.1. The summed E-state index contributed by atoms with van der Waals surface area (Å²) >= 11 is 1.40. The van der Waals surface area contributed by atoms with E-state index in [1.54, 1.807) is 6.26 Å². The smallest absolute Gasteiger partial charge is 0.326 e. The van der Waals surface area contributed by atoms with Gasteiger partial charge in [-0.15, -0.1) is 0 Å². The van der Waals surface area contributed by atoms with Crippen molar-refractivity contribution in [1.29, 1.82) is 0 Å². The third-order valence-electron chi connectivity index (χ3n) is 4.88. The fourth-order valence-electron chi connectivity index (χ4n) is 2.92. The molecular weight excluding hydrogens is 482 g/mol. The molecule has 0 saturated carbocycles. The van der Waals surface area contributed by atoms with E-state index >= 15 is 0 Å². The van der Waals surface area contributed by atoms with Gasteiger partial charge in [-0.3, -0.25) is 24.0 Å². The van der Waals surface area contributed by atoms with Crippen molar-refractivity contribution in [3.05, 3.63) is 0 Å². The summed E-state index contributed by atoms with van der Waals surface area (Å²) in [6.45, 7) is 0.357. The summed E-state index contributed by atoms with van der Waals surface area (Å²) in [5.74, 6) is -4.75. The summed E-state index contributed by atoms with van der Waals surface area (Å²) in [5.41, 5.74) is 21.4. The maximum Gasteiger partial charge on any atom is 0.326 e. The second-order valence-corrected chi connectivity index (χ2v) is 8.86. The number of carboxylic acid groups (broad SMARTS) is 1. The first-order chi connectivity index (χ1) is 16.4. The Bertz CT molecular complexity index is 753. The van der Waals surface area contributed by atoms with Crippen LogP contribution in [-0.2, 0) is 28.8 Å². The molecule has 0 aliphatic carbocycles. The van der Waals surface area contributed by atoms with Crippen LogP contribution in [0.5, 0.6) is 0 Å². The first-order valence-electron chi connectivity index (χ1n) is 11.1. The van der Waals surface area contributed by atoms with Gasteiger partial charge in [-0.1, -0.05) is 0 Å². The number of aliphatic carboxylic acids is 1. The predicted molar refractivity (Wildman–Crippen MR) is 130 cm³/mol. The summed E-state index contributed by atoms with van der Waals surface area (Å²) in [4.78, 5) is 71.9. The van der Waals surface area contributed by atoms with Crippen molar-refractivity contribution < 1.29 is 33.9 Å². The van der Waals surface area contributed by atoms with E-state index in [0.717, 1.165) is 0 Å². The molecule has 200 valence electrons. The van der Waals surface area contributed by atoms with Crippen molar-refractivity contribution in [2.75, 3.05) is 18.6 Å². The zero-order chi connectivity index (χ0) is 27.0. The highest BCUT2D eigenvalue weighted by Crippen LogP contribution is 2.06. The average molecular weight is 520 g/mol. The molecule has 0 bridgehead atoms. The number of amides is 5. The van der Waals surface area contributed by atoms with E-state index in [0.29, 0.717) is 25.1 Å². The summed E-state index contributed by atoms with van der Waals surface area (Å²) < 4.78 is 0. The second kappa shape index (κ2) is 17.5. The van der Waals surface area contributed by atoms with Crippen molar-refractivity contribution in [2.24, 2.45) is 22.9 Å². The molecule has 0 aromatic rings. The van der Waals surface area contributed by atoms with E-state index in [9.17, 15) is 33.9 Å². The van der Waals surface area contributed by atoms with E-state index in [1.165, 1.54) is 11.8 Å². The Morgan fingerprint density at radius 2 is 1.37 bits per heavy atom. The van der Waals surface area contributed by atoms with Gasteiger partial charge in [-0.2, -0.15) is 11.8 Å². The molecule has 0 rings (SSSR count). The Kier molecular flexibility index (Phi) is 16.1. The third kappa shape index (κ3) is 14.2. The van der Waals surface area contributed by atoms with Crippen molar-refractivity contribution in [2.45, 2.75) is 69.1 Å². The molecular formula is C20H37N7O7S. The molecule has 4 atom stereocenters. The van der Waals surface area contributed by atoms with E-state index in [4.69, 9.17) is 22.9 Å². The molecule has 0 aromatic heterocycles. The zero-order valence-corrected chi connectivity index (χ0v) is 20.6. The number of nitrogens with two attached hydrogens (primary N) is 4. The minimum Gasteiger partial charge on any atom is -0.480 e. The van der Waals surface area contributed by atoms with Crippen molar-refractivity contribution in [3.8, 4) is 0 Å². The maximum absolute atomic E-state index is 12.9. The molecule has 15 heteroatoms. The van der Waals surface area contributed by atoms with Crippen LogP contribution in [0, 0.1) is 0 Å². The van der Waals surface area contributed by atoms with E-state index in [1.807, 2.05) is 0 Å². The van der Waals surface area contributed by atoms with Crippen LogP contribution in [-0.4, -0.2) is 83.3 Å². The van der Waals surface area contributed by atoms with Gasteiger partial charge >= 0.3 is 5.97 Å². The summed E-state index contributed by atoms with van der Waals surface area (Å²) in [6.07, 6.45) is 2.33. The van der Waals surface area contributed by atoms with E-state index in [2.05, 4.69) is 16.0 Å². The van der Waals surface area contributed by atoms with Crippen LogP contribution in [0.3, 0.4) is 0 Å². The van der Waals surface area contributed by atoms with Gasteiger partial charge in [0.15, 0.2) is 0 Å². The minimum atomic E-state index is -1.46. The topological polar surface area (TPSA) is 263 Å². The van der Waals surface area contributed by atoms with Crippen molar-refractivity contribution >= 4 is 47.3 Å². The highest BCUT2D eigenvalue weighted by molar-refractivity contribution is 7.98. The SMILES string of the molecule is CSCCC(NC(=O)C(N)CCC(N)=O)C(=O)NC(CC(N)=O)C(=O)NC(CCCCN)C(=O)O. The molecule has 4 unspecified atom stereocenters. The van der Waals surface area contributed by atoms with Crippen LogP contribution in [0.2, 0.25) is 0 Å². The number of primary amides is 2. The number of thioether (sulfide) groups is 1. The normalized spacial score (nSPS) is 14.1. The largest absolute Gasteiger partial charge is 0.480 e. The summed E-state index contributed by atoms with van der Waals surface area (Å²) in [7, 11) is 0. The number of carboxylic acids is 1. The Hall–Kier alpha value is -2.91. The second-order valence-electron chi connectivity index (χ2n) is 7.87. The number of carbonyl (C=O) groups is 6. The third-order valence-corrected chi connectivity index (χ3v) is 5.53. The quantitative estimate of drug-likeness (QED) is 0.0795. The summed E-state index contributed by atoms with van der Waals surface area (Å²) in [6, 6.07) is -4.93. The molecule has 0 radical (unpaired) electrons. The fourth-order valence-corrected chi connectivity index (χ4v) is 3.39. The minimum absolute atomic E-state index is 0.0223. The van der Waals surface area contributed by atoms with Gasteiger partial charge in [0.2, 0.25) is 29.5 Å². The number of carbonyl (C=O) groups excluding carboxylic acids is 5. The predicted octanol–water partition coefficient (Wildman–Crippen LogP) is -3.12. The van der Waals surface area contributed by atoms with Crippen LogP contribution in [0.1, 0.15) is 44.9 Å². The molecule has 0 aliphatic rings. The number of rotatable bonds is 19. The van der Waals surface area contributed by atoms with Gasteiger partial charge in [-0.25, -0.2) is 4.79 Å².